The summed E-state index contributed by atoms with van der Waals surface area (Å²) in [5, 5.41) is 11.5. The van der Waals surface area contributed by atoms with Crippen LogP contribution >= 0.6 is 0 Å². The molecule has 11 heteroatoms. The second-order valence-electron chi connectivity index (χ2n) is 12.3. The number of fused-ring (bicyclic) bond motifs is 1. The van der Waals surface area contributed by atoms with Gasteiger partial charge in [0.25, 0.3) is 5.91 Å². The van der Waals surface area contributed by atoms with Gasteiger partial charge in [-0.25, -0.2) is 4.79 Å². The van der Waals surface area contributed by atoms with E-state index < -0.39 is 0 Å². The maximum atomic E-state index is 13.9. The molecule has 0 unspecified atom stereocenters. The van der Waals surface area contributed by atoms with E-state index in [-0.39, 0.29) is 48.2 Å². The number of methoxy groups -OCH3 is 1. The molecule has 45 heavy (non-hydrogen) atoms. The van der Waals surface area contributed by atoms with Crippen LogP contribution in [0.15, 0.2) is 24.3 Å². The molecule has 2 aromatic rings. The SMILES string of the molecule is CCOC(=O)COC1CCN(c2cc(C(=O)CN3Cc4cc(OCC)c(C(=O)NC)cc4C3=N)cc(C(C)(C)C)c2OC)CC1. The lowest BCUT2D eigenvalue weighted by molar-refractivity contribution is -0.150. The van der Waals surface area contributed by atoms with Gasteiger partial charge in [0, 0.05) is 43.4 Å². The van der Waals surface area contributed by atoms with E-state index in [4.69, 9.17) is 24.4 Å². The molecule has 0 radical (unpaired) electrons. The van der Waals surface area contributed by atoms with Crippen molar-refractivity contribution >= 4 is 29.2 Å². The van der Waals surface area contributed by atoms with E-state index in [1.54, 1.807) is 38.1 Å². The molecule has 0 bridgehead atoms. The molecule has 2 aliphatic rings. The molecule has 0 spiro atoms. The Labute approximate surface area is 265 Å². The monoisotopic (exact) mass is 622 g/mol. The summed E-state index contributed by atoms with van der Waals surface area (Å²) in [6.45, 7) is 12.3. The number of carbonyl (C=O) groups is 3. The molecule has 1 amide bonds. The summed E-state index contributed by atoms with van der Waals surface area (Å²) in [6, 6.07) is 7.27. The predicted octanol–water partition coefficient (Wildman–Crippen LogP) is 4.32. The van der Waals surface area contributed by atoms with Gasteiger partial charge in [-0.15, -0.1) is 0 Å². The molecule has 244 valence electrons. The molecule has 11 nitrogen and oxygen atoms in total. The molecule has 2 N–H and O–H groups in total. The third-order valence-electron chi connectivity index (χ3n) is 8.17. The minimum Gasteiger partial charge on any atom is -0.494 e. The van der Waals surface area contributed by atoms with Crippen molar-refractivity contribution in [3.05, 3.63) is 52.1 Å². The number of nitrogens with zero attached hydrogens (tertiary/aromatic N) is 2. The van der Waals surface area contributed by atoms with Gasteiger partial charge in [-0.05, 0) is 61.9 Å². The van der Waals surface area contributed by atoms with E-state index in [9.17, 15) is 14.4 Å². The molecular formula is C34H46N4O7. The van der Waals surface area contributed by atoms with Crippen molar-refractivity contribution < 1.29 is 33.3 Å². The van der Waals surface area contributed by atoms with Crippen molar-refractivity contribution in [1.82, 2.24) is 10.2 Å². The normalized spacial score (nSPS) is 15.1. The van der Waals surface area contributed by atoms with Gasteiger partial charge in [0.1, 0.15) is 23.9 Å². The Kier molecular flexibility index (Phi) is 10.7. The number of amides is 1. The minimum atomic E-state index is -0.363. The van der Waals surface area contributed by atoms with E-state index in [1.807, 2.05) is 19.1 Å². The van der Waals surface area contributed by atoms with Crippen LogP contribution in [-0.4, -0.2) is 88.1 Å². The molecule has 0 saturated carbocycles. The van der Waals surface area contributed by atoms with Crippen molar-refractivity contribution in [2.45, 2.75) is 65.5 Å². The lowest BCUT2D eigenvalue weighted by Crippen LogP contribution is -2.38. The largest absolute Gasteiger partial charge is 0.494 e. The van der Waals surface area contributed by atoms with Gasteiger partial charge < -0.3 is 34.1 Å². The summed E-state index contributed by atoms with van der Waals surface area (Å²) in [6.07, 6.45) is 1.38. The highest BCUT2D eigenvalue weighted by atomic mass is 16.6. The van der Waals surface area contributed by atoms with Gasteiger partial charge in [0.15, 0.2) is 5.78 Å². The second kappa shape index (κ2) is 14.3. The topological polar surface area (TPSA) is 130 Å². The number of anilines is 1. The van der Waals surface area contributed by atoms with E-state index >= 15 is 0 Å². The highest BCUT2D eigenvalue weighted by molar-refractivity contribution is 6.08. The first kappa shape index (κ1) is 33.8. The first-order valence-electron chi connectivity index (χ1n) is 15.5. The number of nitrogens with one attached hydrogen (secondary N) is 2. The predicted molar refractivity (Wildman–Crippen MR) is 172 cm³/mol. The fourth-order valence-electron chi connectivity index (χ4n) is 5.85. The summed E-state index contributed by atoms with van der Waals surface area (Å²) in [4.78, 5) is 42.1. The first-order chi connectivity index (χ1) is 21.4. The Morgan fingerprint density at radius 3 is 2.36 bits per heavy atom. The van der Waals surface area contributed by atoms with E-state index in [2.05, 4.69) is 31.0 Å². The molecule has 2 aliphatic heterocycles. The zero-order valence-corrected chi connectivity index (χ0v) is 27.5. The molecule has 4 rings (SSSR count). The van der Waals surface area contributed by atoms with Crippen LogP contribution in [0.5, 0.6) is 11.5 Å². The Bertz CT molecular complexity index is 1440. The van der Waals surface area contributed by atoms with Crippen molar-refractivity contribution in [3.8, 4) is 11.5 Å². The smallest absolute Gasteiger partial charge is 0.332 e. The fraction of sp³-hybridized carbons (Fsp3) is 0.529. The maximum Gasteiger partial charge on any atom is 0.332 e. The molecule has 1 fully saturated rings. The van der Waals surface area contributed by atoms with Gasteiger partial charge in [-0.3, -0.25) is 15.0 Å². The number of hydrogen-bond donors (Lipinski definition) is 2. The van der Waals surface area contributed by atoms with Crippen LogP contribution in [0.2, 0.25) is 0 Å². The zero-order valence-electron chi connectivity index (χ0n) is 27.5. The second-order valence-corrected chi connectivity index (χ2v) is 12.3. The molecule has 0 aliphatic carbocycles. The van der Waals surface area contributed by atoms with Crippen molar-refractivity contribution in [2.24, 2.45) is 0 Å². The number of esters is 1. The molecule has 0 atom stereocenters. The van der Waals surface area contributed by atoms with E-state index in [1.165, 1.54) is 0 Å². The number of rotatable bonds is 12. The van der Waals surface area contributed by atoms with Crippen LogP contribution in [0.3, 0.4) is 0 Å². The highest BCUT2D eigenvalue weighted by Gasteiger charge is 2.32. The number of Topliss-reactive ketones (excluding diaryl/α,β-unsaturated/α-hetero) is 1. The molecule has 2 heterocycles. The number of ether oxygens (including phenoxy) is 4. The Balaban J connectivity index is 1.57. The number of ketones is 1. The van der Waals surface area contributed by atoms with Crippen molar-refractivity contribution in [2.75, 3.05) is 58.5 Å². The molecule has 2 aromatic carbocycles. The number of amidine groups is 1. The Morgan fingerprint density at radius 2 is 1.76 bits per heavy atom. The first-order valence-corrected chi connectivity index (χ1v) is 15.5. The van der Waals surface area contributed by atoms with Gasteiger partial charge in [-0.2, -0.15) is 0 Å². The van der Waals surface area contributed by atoms with Crippen LogP contribution in [-0.2, 0) is 26.2 Å². The molecule has 1 saturated heterocycles. The van der Waals surface area contributed by atoms with Crippen molar-refractivity contribution in [3.63, 3.8) is 0 Å². The highest BCUT2D eigenvalue weighted by Crippen LogP contribution is 2.41. The summed E-state index contributed by atoms with van der Waals surface area (Å²) in [5.41, 5.74) is 3.81. The number of carbonyl (C=O) groups excluding carboxylic acids is 3. The van der Waals surface area contributed by atoms with Crippen LogP contribution in [0.1, 0.15) is 84.9 Å². The van der Waals surface area contributed by atoms with Crippen molar-refractivity contribution in [1.29, 1.82) is 5.41 Å². The lowest BCUT2D eigenvalue weighted by atomic mass is 9.84. The standard InChI is InChI=1S/C34H46N4O7/c1-8-43-29-16-22-18-38(32(35)24(22)17-25(29)33(41)36-6)19-28(39)21-14-26(34(3,4)5)31(42-7)27(15-21)37-12-10-23(11-13-37)45-20-30(40)44-9-2/h14-17,23,35H,8-13,18-20H2,1-7H3,(H,36,41). The minimum absolute atomic E-state index is 0.00587. The van der Waals surface area contributed by atoms with Crippen LogP contribution < -0.4 is 19.7 Å². The zero-order chi connectivity index (χ0) is 32.9. The van der Waals surface area contributed by atoms with Crippen LogP contribution in [0.25, 0.3) is 0 Å². The summed E-state index contributed by atoms with van der Waals surface area (Å²) in [5.74, 6) is 0.613. The fourth-order valence-corrected chi connectivity index (χ4v) is 5.85. The average Bonchev–Trinajstić information content (AvgIpc) is 3.31. The average molecular weight is 623 g/mol. The van der Waals surface area contributed by atoms with E-state index in [0.29, 0.717) is 55.3 Å². The van der Waals surface area contributed by atoms with Gasteiger partial charge >= 0.3 is 5.97 Å². The molecular weight excluding hydrogens is 576 g/mol. The quantitative estimate of drug-likeness (QED) is 0.263. The van der Waals surface area contributed by atoms with E-state index in [0.717, 1.165) is 35.4 Å². The van der Waals surface area contributed by atoms with Crippen LogP contribution in [0, 0.1) is 5.41 Å². The maximum absolute atomic E-state index is 13.9. The number of benzene rings is 2. The van der Waals surface area contributed by atoms with Gasteiger partial charge in [0.05, 0.1) is 44.2 Å². The third kappa shape index (κ3) is 7.58. The Morgan fingerprint density at radius 1 is 1.04 bits per heavy atom. The summed E-state index contributed by atoms with van der Waals surface area (Å²) < 4.78 is 22.4. The summed E-state index contributed by atoms with van der Waals surface area (Å²) in [7, 11) is 3.20. The van der Waals surface area contributed by atoms with Gasteiger partial charge in [0.2, 0.25) is 0 Å². The number of piperidine rings is 1. The molecule has 0 aromatic heterocycles. The third-order valence-corrected chi connectivity index (χ3v) is 8.17. The van der Waals surface area contributed by atoms with Crippen LogP contribution in [0.4, 0.5) is 5.69 Å². The van der Waals surface area contributed by atoms with Gasteiger partial charge in [-0.1, -0.05) is 20.8 Å². The Hall–Kier alpha value is -4.12. The number of hydrogen-bond acceptors (Lipinski definition) is 9. The summed E-state index contributed by atoms with van der Waals surface area (Å²) >= 11 is 0. The lowest BCUT2D eigenvalue weighted by Gasteiger charge is -2.36.